The molecule has 0 aromatic heterocycles. The highest BCUT2D eigenvalue weighted by Crippen LogP contribution is 2.33. The average Bonchev–Trinajstić information content (AvgIpc) is 2.70. The molecule has 1 heterocycles. The zero-order valence-corrected chi connectivity index (χ0v) is 17.9. The van der Waals surface area contributed by atoms with Crippen LogP contribution in [0.1, 0.15) is 5.56 Å². The summed E-state index contributed by atoms with van der Waals surface area (Å²) in [4.78, 5) is 0. The summed E-state index contributed by atoms with van der Waals surface area (Å²) >= 11 is 0. The Morgan fingerprint density at radius 3 is 2.45 bits per heavy atom. The zero-order valence-electron chi connectivity index (χ0n) is 16.8. The molecule has 1 unspecified atom stereocenters. The first-order valence-corrected chi connectivity index (χ1v) is 9.66. The lowest BCUT2D eigenvalue weighted by Gasteiger charge is -2.32. The molecule has 0 fully saturated rings. The monoisotopic (exact) mass is 468 g/mol. The predicted molar refractivity (Wildman–Crippen MR) is 110 cm³/mol. The molecule has 1 atom stereocenters. The van der Waals surface area contributed by atoms with E-state index in [2.05, 4.69) is 20.8 Å². The van der Waals surface area contributed by atoms with Gasteiger partial charge in [0.1, 0.15) is 11.6 Å². The summed E-state index contributed by atoms with van der Waals surface area (Å²) in [5.41, 5.74) is 0.393. The molecule has 1 aliphatic rings. The minimum Gasteiger partial charge on any atom is -0.430 e. The number of nitrogens with one attached hydrogen (secondary N) is 3. The molecule has 1 aromatic rings. The van der Waals surface area contributed by atoms with Crippen molar-refractivity contribution < 1.29 is 31.1 Å². The molecule has 0 saturated carbocycles. The van der Waals surface area contributed by atoms with Crippen molar-refractivity contribution in [2.45, 2.75) is 11.8 Å². The van der Waals surface area contributed by atoms with Gasteiger partial charge in [-0.15, -0.1) is 0 Å². The Morgan fingerprint density at radius 2 is 1.94 bits per heavy atom. The number of alkyl halides is 5. The van der Waals surface area contributed by atoms with Crippen LogP contribution in [0.5, 0.6) is 5.75 Å². The second-order valence-electron chi connectivity index (χ2n) is 6.47. The molecule has 3 N–H and O–H groups in total. The molecule has 172 valence electrons. The average molecular weight is 468 g/mol. The number of benzene rings is 1. The van der Waals surface area contributed by atoms with Gasteiger partial charge in [-0.25, -0.2) is 14.2 Å². The van der Waals surface area contributed by atoms with Crippen molar-refractivity contribution in [3.63, 3.8) is 0 Å². The lowest BCUT2D eigenvalue weighted by atomic mass is 10.1. The van der Waals surface area contributed by atoms with Gasteiger partial charge in [0.25, 0.3) is 5.66 Å². The van der Waals surface area contributed by atoms with Crippen LogP contribution in [0.4, 0.5) is 26.3 Å². The molecule has 1 aromatic carbocycles. The van der Waals surface area contributed by atoms with E-state index in [4.69, 9.17) is 0 Å². The van der Waals surface area contributed by atoms with E-state index in [0.29, 0.717) is 24.0 Å². The maximum atomic E-state index is 14.2. The van der Waals surface area contributed by atoms with Gasteiger partial charge >= 0.3 is 6.11 Å². The minimum absolute atomic E-state index is 0.00610. The Kier molecular flexibility index (Phi) is 8.39. The second-order valence-corrected chi connectivity index (χ2v) is 7.19. The van der Waals surface area contributed by atoms with Crippen molar-refractivity contribution in [2.24, 2.45) is 0 Å². The molecule has 0 spiro atoms. The number of ether oxygens (including phenoxy) is 1. The van der Waals surface area contributed by atoms with Crippen LogP contribution in [0, 0.1) is 5.82 Å². The van der Waals surface area contributed by atoms with Gasteiger partial charge < -0.3 is 15.4 Å². The van der Waals surface area contributed by atoms with E-state index in [-0.39, 0.29) is 17.8 Å². The Morgan fingerprint density at radius 1 is 1.23 bits per heavy atom. The minimum atomic E-state index is -4.11. The van der Waals surface area contributed by atoms with Gasteiger partial charge in [-0.1, -0.05) is 9.24 Å². The van der Waals surface area contributed by atoms with Crippen LogP contribution in [0.3, 0.4) is 0 Å². The summed E-state index contributed by atoms with van der Waals surface area (Å²) in [7, 11) is 4.65. The maximum absolute atomic E-state index is 14.2. The standard InChI is InChI=1S/C19H23F6N4OP/c1-26-6-5-16(12-7-13(21)9-15(8-12)30-18(22,23)11-20)29(27-2)14-3-4-17(28-10-14)19(24,25)31/h3-5,7-9,26-28H,6,10-11,31H2,1-2H3/b16-5-. The Bertz CT molecular complexity index is 869. The summed E-state index contributed by atoms with van der Waals surface area (Å²) in [5.74, 6) is -1.45. The molecule has 0 amide bonds. The highest BCUT2D eigenvalue weighted by atomic mass is 31.0. The Labute approximate surface area is 178 Å². The molecule has 0 radical (unpaired) electrons. The third kappa shape index (κ3) is 6.88. The van der Waals surface area contributed by atoms with Crippen molar-refractivity contribution >= 4 is 14.9 Å². The summed E-state index contributed by atoms with van der Waals surface area (Å²) < 4.78 is 84.4. The van der Waals surface area contributed by atoms with Gasteiger partial charge in [0.15, 0.2) is 6.67 Å². The number of likely N-dealkylation sites (N-methyl/N-ethyl adjacent to an activating group) is 1. The van der Waals surface area contributed by atoms with E-state index in [0.717, 1.165) is 12.1 Å². The Balaban J connectivity index is 2.47. The van der Waals surface area contributed by atoms with E-state index in [1.807, 2.05) is 0 Å². The molecule has 2 rings (SSSR count). The van der Waals surface area contributed by atoms with Crippen LogP contribution in [-0.4, -0.2) is 50.6 Å². The van der Waals surface area contributed by atoms with Gasteiger partial charge in [0.2, 0.25) is 0 Å². The number of hydrazine groups is 1. The number of rotatable bonds is 10. The summed E-state index contributed by atoms with van der Waals surface area (Å²) in [6.45, 7) is -1.75. The molecule has 12 heteroatoms. The van der Waals surface area contributed by atoms with E-state index in [1.165, 1.54) is 26.4 Å². The zero-order chi connectivity index (χ0) is 23.2. The number of allylic oxidation sites excluding steroid dienone is 3. The number of nitrogens with zero attached hydrogens (tertiary/aromatic N) is 1. The van der Waals surface area contributed by atoms with E-state index < -0.39 is 30.0 Å². The molecule has 0 saturated heterocycles. The van der Waals surface area contributed by atoms with E-state index in [9.17, 15) is 26.3 Å². The van der Waals surface area contributed by atoms with Gasteiger partial charge in [0, 0.05) is 25.2 Å². The fraction of sp³-hybridized carbons (Fsp3) is 0.368. The third-order valence-electron chi connectivity index (χ3n) is 4.10. The van der Waals surface area contributed by atoms with Crippen LogP contribution in [0.25, 0.3) is 5.70 Å². The molecule has 31 heavy (non-hydrogen) atoms. The van der Waals surface area contributed by atoms with Crippen LogP contribution >= 0.6 is 9.24 Å². The molecular formula is C19H23F6N4OP. The van der Waals surface area contributed by atoms with Gasteiger partial charge in [-0.05, 0) is 37.4 Å². The third-order valence-corrected chi connectivity index (χ3v) is 4.41. The lowest BCUT2D eigenvalue weighted by Crippen LogP contribution is -2.40. The smallest absolute Gasteiger partial charge is 0.427 e. The summed E-state index contributed by atoms with van der Waals surface area (Å²) in [6.07, 6.45) is 0.172. The number of halogens is 6. The first-order chi connectivity index (χ1) is 14.5. The normalized spacial score (nSPS) is 15.2. The molecule has 0 bridgehead atoms. The lowest BCUT2D eigenvalue weighted by molar-refractivity contribution is -0.186. The summed E-state index contributed by atoms with van der Waals surface area (Å²) in [5, 5.41) is 6.96. The van der Waals surface area contributed by atoms with E-state index in [1.54, 1.807) is 20.2 Å². The first kappa shape index (κ1) is 25.0. The van der Waals surface area contributed by atoms with Crippen LogP contribution in [-0.2, 0) is 0 Å². The van der Waals surface area contributed by atoms with Crippen LogP contribution in [0.2, 0.25) is 0 Å². The molecule has 5 nitrogen and oxygen atoms in total. The summed E-state index contributed by atoms with van der Waals surface area (Å²) in [6, 6.07) is 2.93. The highest BCUT2D eigenvalue weighted by molar-refractivity contribution is 7.18. The largest absolute Gasteiger partial charge is 0.430 e. The maximum Gasteiger partial charge on any atom is 0.427 e. The highest BCUT2D eigenvalue weighted by Gasteiger charge is 2.32. The quantitative estimate of drug-likeness (QED) is 0.278. The number of hydrogen-bond donors (Lipinski definition) is 3. The fourth-order valence-corrected chi connectivity index (χ4v) is 2.99. The SMILES string of the molecule is CNC/C=C(/c1cc(F)cc(OC(F)(F)CF)c1)N(NC)C1=CC=C(C(F)(F)P)NC1. The molecule has 0 aliphatic carbocycles. The predicted octanol–water partition coefficient (Wildman–Crippen LogP) is 3.60. The van der Waals surface area contributed by atoms with Crippen molar-refractivity contribution in [1.29, 1.82) is 0 Å². The van der Waals surface area contributed by atoms with Gasteiger partial charge in [0.05, 0.1) is 23.6 Å². The van der Waals surface area contributed by atoms with Crippen molar-refractivity contribution in [2.75, 3.05) is 33.9 Å². The Hall–Kier alpha value is -2.23. The number of hydrogen-bond acceptors (Lipinski definition) is 5. The first-order valence-electron chi connectivity index (χ1n) is 9.08. The molecule has 1 aliphatic heterocycles. The van der Waals surface area contributed by atoms with Crippen molar-refractivity contribution in [1.82, 2.24) is 21.1 Å². The van der Waals surface area contributed by atoms with Gasteiger partial charge in [-0.3, -0.25) is 5.01 Å². The van der Waals surface area contributed by atoms with Gasteiger partial charge in [-0.2, -0.15) is 17.6 Å². The van der Waals surface area contributed by atoms with Crippen LogP contribution in [0.15, 0.2) is 47.8 Å². The molecular weight excluding hydrogens is 445 g/mol. The van der Waals surface area contributed by atoms with Crippen LogP contribution < -0.4 is 20.8 Å². The topological polar surface area (TPSA) is 48.6 Å². The van der Waals surface area contributed by atoms with Crippen molar-refractivity contribution in [3.8, 4) is 5.75 Å². The fourth-order valence-electron chi connectivity index (χ4n) is 2.79. The van der Waals surface area contributed by atoms with E-state index >= 15 is 0 Å². The van der Waals surface area contributed by atoms with Crippen molar-refractivity contribution in [3.05, 3.63) is 59.2 Å². The number of dihydropyridines is 1. The second kappa shape index (κ2) is 10.4.